The summed E-state index contributed by atoms with van der Waals surface area (Å²) in [5, 5.41) is 3.83. The van der Waals surface area contributed by atoms with Crippen molar-refractivity contribution in [2.24, 2.45) is 5.92 Å². The zero-order valence-corrected chi connectivity index (χ0v) is 17.4. The molecule has 0 radical (unpaired) electrons. The molecule has 2 saturated heterocycles. The quantitative estimate of drug-likeness (QED) is 0.620. The Morgan fingerprint density at radius 2 is 1.79 bits per heavy atom. The lowest BCUT2D eigenvalue weighted by Gasteiger charge is -2.37. The second kappa shape index (κ2) is 8.01. The monoisotopic (exact) mass is 406 g/mol. The van der Waals surface area contributed by atoms with Crippen molar-refractivity contribution >= 4 is 23.5 Å². The van der Waals surface area contributed by atoms with Gasteiger partial charge in [0.2, 0.25) is 0 Å². The summed E-state index contributed by atoms with van der Waals surface area (Å²) in [6.45, 7) is 7.63. The number of nitrogens with zero attached hydrogens (tertiary/aromatic N) is 1. The van der Waals surface area contributed by atoms with Gasteiger partial charge in [0, 0.05) is 10.6 Å². The van der Waals surface area contributed by atoms with Gasteiger partial charge in [-0.15, -0.1) is 0 Å². The molecule has 0 unspecified atom stereocenters. The molecule has 7 heteroatoms. The molecule has 152 valence electrons. The smallest absolute Gasteiger partial charge is 0.323 e. The van der Waals surface area contributed by atoms with E-state index >= 15 is 0 Å². The summed E-state index contributed by atoms with van der Waals surface area (Å²) in [5.74, 6) is 0.228. The molecule has 2 heterocycles. The summed E-state index contributed by atoms with van der Waals surface area (Å²) >= 11 is 5.97. The zero-order valence-electron chi connectivity index (χ0n) is 16.6. The number of piperazine rings is 1. The molecule has 2 aliphatic heterocycles. The second-order valence-corrected chi connectivity index (χ2v) is 9.18. The Hall–Kier alpha value is -1.63. The van der Waals surface area contributed by atoms with E-state index in [2.05, 4.69) is 24.4 Å². The molecule has 6 nitrogen and oxygen atoms in total. The Morgan fingerprint density at radius 3 is 2.46 bits per heavy atom. The van der Waals surface area contributed by atoms with Gasteiger partial charge in [0.15, 0.2) is 6.67 Å². The van der Waals surface area contributed by atoms with Crippen molar-refractivity contribution in [3.05, 3.63) is 34.9 Å². The van der Waals surface area contributed by atoms with Crippen LogP contribution in [-0.4, -0.2) is 55.2 Å². The normalized spacial score (nSPS) is 33.4. The maximum absolute atomic E-state index is 13.1. The number of imide groups is 1. The first kappa shape index (κ1) is 19.7. The van der Waals surface area contributed by atoms with Crippen LogP contribution in [0.1, 0.15) is 38.2 Å². The maximum Gasteiger partial charge on any atom is 0.329 e. The molecule has 28 heavy (non-hydrogen) atoms. The van der Waals surface area contributed by atoms with E-state index in [1.165, 1.54) is 15.4 Å². The lowest BCUT2D eigenvalue weighted by Crippen LogP contribution is -3.28. The average Bonchev–Trinajstić information content (AvgIpc) is 2.92. The van der Waals surface area contributed by atoms with Crippen LogP contribution in [0, 0.1) is 5.92 Å². The van der Waals surface area contributed by atoms with Crippen LogP contribution in [0.3, 0.4) is 0 Å². The topological polar surface area (TPSA) is 58.3 Å². The van der Waals surface area contributed by atoms with E-state index in [0.29, 0.717) is 6.67 Å². The van der Waals surface area contributed by atoms with Crippen LogP contribution in [0.5, 0.6) is 0 Å². The molecule has 1 aromatic rings. The van der Waals surface area contributed by atoms with Crippen LogP contribution in [0.2, 0.25) is 5.02 Å². The molecule has 3 N–H and O–H groups in total. The Kier molecular flexibility index (Phi) is 5.63. The van der Waals surface area contributed by atoms with E-state index in [0.717, 1.165) is 63.4 Å². The highest BCUT2D eigenvalue weighted by Gasteiger charge is 2.55. The minimum atomic E-state index is -0.642. The highest BCUT2D eigenvalue weighted by atomic mass is 35.5. The summed E-state index contributed by atoms with van der Waals surface area (Å²) in [6, 6.07) is 7.87. The fourth-order valence-electron chi connectivity index (χ4n) is 5.05. The molecule has 1 aliphatic carbocycles. The molecule has 3 fully saturated rings. The third-order valence-corrected chi connectivity index (χ3v) is 7.17. The molecular formula is C21H31ClN4O2+2. The molecule has 3 amide bonds. The first-order valence-corrected chi connectivity index (χ1v) is 10.9. The van der Waals surface area contributed by atoms with Gasteiger partial charge in [-0.2, -0.15) is 0 Å². The van der Waals surface area contributed by atoms with E-state index in [9.17, 15) is 9.59 Å². The van der Waals surface area contributed by atoms with E-state index in [4.69, 9.17) is 11.6 Å². The number of hydrogen-bond acceptors (Lipinski definition) is 2. The largest absolute Gasteiger partial charge is 0.329 e. The molecule has 1 saturated carbocycles. The van der Waals surface area contributed by atoms with Crippen molar-refractivity contribution in [1.82, 2.24) is 10.2 Å². The van der Waals surface area contributed by atoms with Gasteiger partial charge in [-0.1, -0.05) is 43.5 Å². The fourth-order valence-corrected chi connectivity index (χ4v) is 5.17. The third-order valence-electron chi connectivity index (χ3n) is 6.91. The zero-order chi connectivity index (χ0) is 19.7. The number of nitrogens with one attached hydrogen (secondary N) is 3. The minimum Gasteiger partial charge on any atom is -0.323 e. The van der Waals surface area contributed by atoms with Crippen LogP contribution >= 0.6 is 11.6 Å². The van der Waals surface area contributed by atoms with E-state index < -0.39 is 5.54 Å². The molecule has 2 atom stereocenters. The molecule has 0 aromatic heterocycles. The Balaban J connectivity index is 1.31. The predicted octanol–water partition coefficient (Wildman–Crippen LogP) is 0.0816. The maximum atomic E-state index is 13.1. The van der Waals surface area contributed by atoms with Crippen LogP contribution in [0.25, 0.3) is 0 Å². The van der Waals surface area contributed by atoms with Crippen LogP contribution in [0.15, 0.2) is 24.3 Å². The van der Waals surface area contributed by atoms with E-state index in [1.807, 2.05) is 12.1 Å². The number of carbonyl (C=O) groups excluding carboxylic acids is 2. The molecule has 1 aromatic carbocycles. The van der Waals surface area contributed by atoms with Gasteiger partial charge in [-0.3, -0.25) is 4.79 Å². The first-order chi connectivity index (χ1) is 13.5. The van der Waals surface area contributed by atoms with Gasteiger partial charge in [-0.25, -0.2) is 9.69 Å². The Labute approximate surface area is 171 Å². The number of halogens is 1. The molecular weight excluding hydrogens is 376 g/mol. The van der Waals surface area contributed by atoms with Crippen molar-refractivity contribution in [3.63, 3.8) is 0 Å². The lowest BCUT2D eigenvalue weighted by molar-refractivity contribution is -1.02. The SMILES string of the molecule is C[C@H]1CCCC[C@]12NC(=O)N(C[NH+]1CC[NH+](Cc3ccc(Cl)cc3)CC1)C2=O. The van der Waals surface area contributed by atoms with Crippen molar-refractivity contribution in [3.8, 4) is 0 Å². The number of rotatable bonds is 4. The van der Waals surface area contributed by atoms with Gasteiger partial charge in [0.25, 0.3) is 5.91 Å². The van der Waals surface area contributed by atoms with Gasteiger partial charge in [0.05, 0.1) is 0 Å². The summed E-state index contributed by atoms with van der Waals surface area (Å²) in [6.07, 6.45) is 3.96. The average molecular weight is 407 g/mol. The standard InChI is InChI=1S/C21H29ClN4O2/c1-16-4-2-3-9-21(16)19(27)26(20(28)23-21)15-25-12-10-24(11-13-25)14-17-5-7-18(22)8-6-17/h5-8,16H,2-4,9-15H2,1H3,(H,23,28)/p+2/t16-,21-/m0/s1. The van der Waals surface area contributed by atoms with Gasteiger partial charge >= 0.3 is 6.03 Å². The van der Waals surface area contributed by atoms with Crippen LogP contribution < -0.4 is 15.1 Å². The number of carbonyl (C=O) groups is 2. The summed E-state index contributed by atoms with van der Waals surface area (Å²) in [5.41, 5.74) is 0.654. The van der Waals surface area contributed by atoms with Gasteiger partial charge < -0.3 is 15.1 Å². The third kappa shape index (κ3) is 3.78. The number of urea groups is 1. The Morgan fingerprint density at radius 1 is 1.11 bits per heavy atom. The highest BCUT2D eigenvalue weighted by Crippen LogP contribution is 2.37. The minimum absolute atomic E-state index is 0.00754. The Bertz CT molecular complexity index is 732. The summed E-state index contributed by atoms with van der Waals surface area (Å²) in [4.78, 5) is 30.1. The summed E-state index contributed by atoms with van der Waals surface area (Å²) in [7, 11) is 0. The predicted molar refractivity (Wildman–Crippen MR) is 107 cm³/mol. The molecule has 4 rings (SSSR count). The molecule has 1 spiro atoms. The molecule has 3 aliphatic rings. The molecule has 0 bridgehead atoms. The number of benzene rings is 1. The van der Waals surface area contributed by atoms with E-state index in [1.54, 1.807) is 4.90 Å². The van der Waals surface area contributed by atoms with Crippen molar-refractivity contribution in [2.45, 2.75) is 44.7 Å². The fraction of sp³-hybridized carbons (Fsp3) is 0.619. The summed E-state index contributed by atoms with van der Waals surface area (Å²) < 4.78 is 0. The van der Waals surface area contributed by atoms with Crippen molar-refractivity contribution < 1.29 is 19.4 Å². The van der Waals surface area contributed by atoms with Gasteiger partial charge in [0.1, 0.15) is 38.3 Å². The number of hydrogen-bond donors (Lipinski definition) is 3. The van der Waals surface area contributed by atoms with Crippen LogP contribution in [0.4, 0.5) is 4.79 Å². The van der Waals surface area contributed by atoms with Gasteiger partial charge in [-0.05, 0) is 30.9 Å². The second-order valence-electron chi connectivity index (χ2n) is 8.74. The number of quaternary nitrogens is 2. The lowest BCUT2D eigenvalue weighted by atomic mass is 9.73. The van der Waals surface area contributed by atoms with E-state index in [-0.39, 0.29) is 17.9 Å². The van der Waals surface area contributed by atoms with Crippen molar-refractivity contribution in [2.75, 3.05) is 32.8 Å². The number of amides is 3. The van der Waals surface area contributed by atoms with Crippen LogP contribution in [-0.2, 0) is 11.3 Å². The first-order valence-electron chi connectivity index (χ1n) is 10.5. The highest BCUT2D eigenvalue weighted by molar-refractivity contribution is 6.30. The van der Waals surface area contributed by atoms with Crippen molar-refractivity contribution in [1.29, 1.82) is 0 Å².